The first-order chi connectivity index (χ1) is 8.94. The summed E-state index contributed by atoms with van der Waals surface area (Å²) in [6.45, 7) is 3.71. The van der Waals surface area contributed by atoms with Gasteiger partial charge in [0.05, 0.1) is 18.1 Å². The van der Waals surface area contributed by atoms with Gasteiger partial charge in [0.15, 0.2) is 0 Å². The molecule has 0 saturated carbocycles. The van der Waals surface area contributed by atoms with E-state index < -0.39 is 18.3 Å². The monoisotopic (exact) mass is 288 g/mol. The molecule has 1 atom stereocenters. The molecule has 106 valence electrons. The van der Waals surface area contributed by atoms with Crippen LogP contribution >= 0.6 is 7.60 Å². The van der Waals surface area contributed by atoms with E-state index in [-0.39, 0.29) is 18.9 Å². The zero-order valence-corrected chi connectivity index (χ0v) is 11.7. The lowest BCUT2D eigenvalue weighted by atomic mass is 10.2. The molecule has 0 heterocycles. The minimum atomic E-state index is -3.53. The molecule has 0 aliphatic heterocycles. The van der Waals surface area contributed by atoms with Gasteiger partial charge in [-0.15, -0.1) is 0 Å². The summed E-state index contributed by atoms with van der Waals surface area (Å²) < 4.78 is 22.7. The Labute approximate surface area is 111 Å². The van der Waals surface area contributed by atoms with Gasteiger partial charge in [-0.05, 0) is 19.4 Å². The van der Waals surface area contributed by atoms with E-state index in [0.717, 1.165) is 0 Å². The van der Waals surface area contributed by atoms with Crippen molar-refractivity contribution in [3.8, 4) is 0 Å². The number of hydrogen-bond acceptors (Lipinski definition) is 6. The normalized spacial score (nSPS) is 13.2. The van der Waals surface area contributed by atoms with Crippen LogP contribution < -0.4 is 5.73 Å². The van der Waals surface area contributed by atoms with Gasteiger partial charge >= 0.3 is 7.60 Å². The van der Waals surface area contributed by atoms with Gasteiger partial charge < -0.3 is 14.8 Å². The lowest BCUT2D eigenvalue weighted by Crippen LogP contribution is -2.15. The van der Waals surface area contributed by atoms with Crippen LogP contribution in [-0.2, 0) is 13.6 Å². The van der Waals surface area contributed by atoms with Crippen LogP contribution in [0, 0.1) is 10.1 Å². The third kappa shape index (κ3) is 3.84. The third-order valence-corrected chi connectivity index (χ3v) is 4.60. The molecular formula is C11H17N2O5P. The van der Waals surface area contributed by atoms with Crippen molar-refractivity contribution < 1.29 is 18.5 Å². The van der Waals surface area contributed by atoms with Crippen molar-refractivity contribution >= 4 is 13.3 Å². The summed E-state index contributed by atoms with van der Waals surface area (Å²) in [6, 6.07) is 5.65. The van der Waals surface area contributed by atoms with Crippen molar-refractivity contribution in [2.75, 3.05) is 13.2 Å². The number of rotatable bonds is 7. The molecule has 0 aliphatic rings. The van der Waals surface area contributed by atoms with E-state index in [1.54, 1.807) is 19.9 Å². The van der Waals surface area contributed by atoms with Gasteiger partial charge in [0, 0.05) is 12.1 Å². The maximum absolute atomic E-state index is 12.5. The lowest BCUT2D eigenvalue weighted by molar-refractivity contribution is -0.384. The number of nitro groups is 1. The van der Waals surface area contributed by atoms with Gasteiger partial charge in [-0.1, -0.05) is 12.1 Å². The molecule has 0 amide bonds. The van der Waals surface area contributed by atoms with Crippen molar-refractivity contribution in [3.05, 3.63) is 39.9 Å². The lowest BCUT2D eigenvalue weighted by Gasteiger charge is -2.23. The molecule has 0 fully saturated rings. The van der Waals surface area contributed by atoms with Gasteiger partial charge in [-0.25, -0.2) is 0 Å². The second kappa shape index (κ2) is 6.77. The van der Waals surface area contributed by atoms with Gasteiger partial charge in [-0.3, -0.25) is 14.7 Å². The average Bonchev–Trinajstić information content (AvgIpc) is 2.38. The third-order valence-electron chi connectivity index (χ3n) is 2.38. The van der Waals surface area contributed by atoms with Crippen molar-refractivity contribution in [2.45, 2.75) is 19.6 Å². The first-order valence-corrected chi connectivity index (χ1v) is 7.44. The van der Waals surface area contributed by atoms with Crippen molar-refractivity contribution in [1.29, 1.82) is 0 Å². The van der Waals surface area contributed by atoms with E-state index in [2.05, 4.69) is 0 Å². The Morgan fingerprint density at radius 2 is 1.95 bits per heavy atom. The predicted octanol–water partition coefficient (Wildman–Crippen LogP) is 2.82. The van der Waals surface area contributed by atoms with Crippen molar-refractivity contribution in [1.82, 2.24) is 0 Å². The van der Waals surface area contributed by atoms with Gasteiger partial charge in [0.2, 0.25) is 0 Å². The Balaban J connectivity index is 3.09. The number of hydrogen-bond donors (Lipinski definition) is 1. The average molecular weight is 288 g/mol. The van der Waals surface area contributed by atoms with E-state index >= 15 is 0 Å². The molecule has 0 radical (unpaired) electrons. The molecule has 0 aliphatic carbocycles. The highest BCUT2D eigenvalue weighted by atomic mass is 31.2. The number of benzene rings is 1. The molecule has 1 rings (SSSR count). The summed E-state index contributed by atoms with van der Waals surface area (Å²) in [5.41, 5.74) is 6.11. The Bertz CT molecular complexity index is 484. The highest BCUT2D eigenvalue weighted by Crippen LogP contribution is 2.58. The first kappa shape index (κ1) is 15.8. The van der Waals surface area contributed by atoms with Gasteiger partial charge in [0.25, 0.3) is 5.69 Å². The zero-order chi connectivity index (χ0) is 14.5. The molecule has 0 spiro atoms. The van der Waals surface area contributed by atoms with E-state index in [4.69, 9.17) is 14.8 Å². The SMILES string of the molecule is CCOP(=O)(OCC)[C@@H](N)c1cccc([N+](=O)[O-])c1. The van der Waals surface area contributed by atoms with Crippen LogP contribution in [-0.4, -0.2) is 18.1 Å². The highest BCUT2D eigenvalue weighted by Gasteiger charge is 2.34. The number of nitro benzene ring substituents is 1. The minimum Gasteiger partial charge on any atom is -0.314 e. The summed E-state index contributed by atoms with van der Waals surface area (Å²) in [5, 5.41) is 10.7. The molecular weight excluding hydrogens is 271 g/mol. The minimum absolute atomic E-state index is 0.118. The predicted molar refractivity (Wildman–Crippen MR) is 70.9 cm³/mol. The maximum Gasteiger partial charge on any atom is 0.351 e. The number of non-ortho nitro benzene ring substituents is 1. The Morgan fingerprint density at radius 3 is 2.42 bits per heavy atom. The van der Waals surface area contributed by atoms with Crippen LogP contribution in [0.5, 0.6) is 0 Å². The highest BCUT2D eigenvalue weighted by molar-refractivity contribution is 7.54. The van der Waals surface area contributed by atoms with E-state index in [1.807, 2.05) is 0 Å². The first-order valence-electron chi connectivity index (χ1n) is 5.83. The van der Waals surface area contributed by atoms with Crippen LogP contribution in [0.2, 0.25) is 0 Å². The van der Waals surface area contributed by atoms with Crippen LogP contribution in [0.3, 0.4) is 0 Å². The molecule has 1 aromatic rings. The van der Waals surface area contributed by atoms with Crippen molar-refractivity contribution in [3.63, 3.8) is 0 Å². The fourth-order valence-corrected chi connectivity index (χ4v) is 3.20. The second-order valence-corrected chi connectivity index (χ2v) is 5.82. The van der Waals surface area contributed by atoms with Crippen LogP contribution in [0.15, 0.2) is 24.3 Å². The molecule has 8 heteroatoms. The standard InChI is InChI=1S/C11H17N2O5P/c1-3-17-19(16,18-4-2)11(12)9-6-5-7-10(8-9)13(14)15/h5-8,11H,3-4,12H2,1-2H3/t11-/m1/s1. The van der Waals surface area contributed by atoms with Crippen LogP contribution in [0.1, 0.15) is 25.2 Å². The smallest absolute Gasteiger partial charge is 0.314 e. The molecule has 19 heavy (non-hydrogen) atoms. The number of nitrogens with two attached hydrogens (primary N) is 1. The Hall–Kier alpha value is -1.27. The van der Waals surface area contributed by atoms with E-state index in [1.165, 1.54) is 18.2 Å². The molecule has 1 aromatic carbocycles. The summed E-state index contributed by atoms with van der Waals surface area (Å²) in [5.74, 6) is -1.05. The van der Waals surface area contributed by atoms with Crippen LogP contribution in [0.4, 0.5) is 5.69 Å². The van der Waals surface area contributed by atoms with Gasteiger partial charge in [-0.2, -0.15) is 0 Å². The van der Waals surface area contributed by atoms with E-state index in [0.29, 0.717) is 5.56 Å². The summed E-state index contributed by atoms with van der Waals surface area (Å²) in [6.07, 6.45) is 0. The van der Waals surface area contributed by atoms with Crippen molar-refractivity contribution in [2.24, 2.45) is 5.73 Å². The molecule has 0 saturated heterocycles. The van der Waals surface area contributed by atoms with E-state index in [9.17, 15) is 14.7 Å². The Kier molecular flexibility index (Phi) is 5.62. The summed E-state index contributed by atoms with van der Waals surface area (Å²) in [7, 11) is -3.53. The fraction of sp³-hybridized carbons (Fsp3) is 0.455. The molecule has 7 nitrogen and oxygen atoms in total. The molecule has 2 N–H and O–H groups in total. The summed E-state index contributed by atoms with van der Waals surface area (Å²) in [4.78, 5) is 10.2. The maximum atomic E-state index is 12.5. The number of nitrogens with zero attached hydrogens (tertiary/aromatic N) is 1. The molecule has 0 unspecified atom stereocenters. The zero-order valence-electron chi connectivity index (χ0n) is 10.8. The fourth-order valence-electron chi connectivity index (χ4n) is 1.56. The largest absolute Gasteiger partial charge is 0.351 e. The molecule has 0 aromatic heterocycles. The second-order valence-electron chi connectivity index (χ2n) is 3.67. The van der Waals surface area contributed by atoms with Crippen LogP contribution in [0.25, 0.3) is 0 Å². The molecule has 0 bridgehead atoms. The summed E-state index contributed by atoms with van der Waals surface area (Å²) >= 11 is 0. The quantitative estimate of drug-likeness (QED) is 0.470. The topological polar surface area (TPSA) is 105 Å². The van der Waals surface area contributed by atoms with Gasteiger partial charge in [0.1, 0.15) is 5.78 Å². The Morgan fingerprint density at radius 1 is 1.37 bits per heavy atom.